The van der Waals surface area contributed by atoms with Crippen LogP contribution in [0.25, 0.3) is 6.08 Å². The van der Waals surface area contributed by atoms with Crippen LogP contribution in [-0.4, -0.2) is 25.2 Å². The molecule has 2 aromatic rings. The van der Waals surface area contributed by atoms with Crippen molar-refractivity contribution in [2.45, 2.75) is 6.92 Å². The van der Waals surface area contributed by atoms with Crippen LogP contribution in [0.5, 0.6) is 17.2 Å². The number of aromatic hydroxyl groups is 1. The number of anilines is 1. The Kier molecular flexibility index (Phi) is 6.10. The number of benzene rings is 2. The third-order valence-electron chi connectivity index (χ3n) is 3.69. The van der Waals surface area contributed by atoms with E-state index in [0.717, 1.165) is 0 Å². The van der Waals surface area contributed by atoms with Crippen LogP contribution >= 0.6 is 11.6 Å². The highest BCUT2D eigenvalue weighted by Crippen LogP contribution is 2.37. The second kappa shape index (κ2) is 8.28. The van der Waals surface area contributed by atoms with Crippen molar-refractivity contribution in [3.8, 4) is 23.3 Å². The molecule has 0 saturated carbocycles. The van der Waals surface area contributed by atoms with Gasteiger partial charge in [-0.2, -0.15) is 5.26 Å². The number of phenolic OH excluding ortho intramolecular Hbond substituents is 1. The van der Waals surface area contributed by atoms with Crippen molar-refractivity contribution in [3.63, 3.8) is 0 Å². The van der Waals surface area contributed by atoms with Crippen molar-refractivity contribution in [1.29, 1.82) is 5.26 Å². The summed E-state index contributed by atoms with van der Waals surface area (Å²) in [5.74, 6) is -0.411. The Morgan fingerprint density at radius 1 is 1.27 bits per heavy atom. The summed E-state index contributed by atoms with van der Waals surface area (Å²) >= 11 is 6.04. The quantitative estimate of drug-likeness (QED) is 0.613. The lowest BCUT2D eigenvalue weighted by Gasteiger charge is -2.11. The molecule has 0 spiro atoms. The van der Waals surface area contributed by atoms with Gasteiger partial charge in [-0.3, -0.25) is 4.79 Å². The van der Waals surface area contributed by atoms with E-state index in [1.807, 2.05) is 6.07 Å². The summed E-state index contributed by atoms with van der Waals surface area (Å²) in [6, 6.07) is 9.96. The Bertz CT molecular complexity index is 891. The lowest BCUT2D eigenvalue weighted by Crippen LogP contribution is -2.14. The first-order valence-electron chi connectivity index (χ1n) is 7.54. The third kappa shape index (κ3) is 4.08. The van der Waals surface area contributed by atoms with Crippen molar-refractivity contribution in [2.75, 3.05) is 19.5 Å². The van der Waals surface area contributed by atoms with Gasteiger partial charge in [0.2, 0.25) is 5.75 Å². The Hall–Kier alpha value is -3.17. The first-order valence-corrected chi connectivity index (χ1v) is 7.92. The number of ether oxygens (including phenoxy) is 2. The molecule has 2 rings (SSSR count). The first kappa shape index (κ1) is 19.2. The van der Waals surface area contributed by atoms with Crippen LogP contribution in [0.3, 0.4) is 0 Å². The molecule has 0 radical (unpaired) electrons. The van der Waals surface area contributed by atoms with E-state index in [-0.39, 0.29) is 22.8 Å². The molecule has 2 N–H and O–H groups in total. The Labute approximate surface area is 156 Å². The molecular formula is C19H17ClN2O4. The van der Waals surface area contributed by atoms with Gasteiger partial charge in [0.25, 0.3) is 5.91 Å². The van der Waals surface area contributed by atoms with Crippen molar-refractivity contribution in [1.82, 2.24) is 0 Å². The van der Waals surface area contributed by atoms with E-state index in [2.05, 4.69) is 5.32 Å². The van der Waals surface area contributed by atoms with Gasteiger partial charge in [-0.05, 0) is 48.4 Å². The topological polar surface area (TPSA) is 91.6 Å². The minimum absolute atomic E-state index is 0.126. The highest BCUT2D eigenvalue weighted by Gasteiger charge is 2.14. The maximum atomic E-state index is 12.4. The number of hydrogen-bond donors (Lipinski definition) is 2. The van der Waals surface area contributed by atoms with E-state index in [1.54, 1.807) is 25.1 Å². The maximum Gasteiger partial charge on any atom is 0.266 e. The molecule has 0 saturated heterocycles. The molecule has 6 nitrogen and oxygen atoms in total. The van der Waals surface area contributed by atoms with Crippen LogP contribution in [0, 0.1) is 18.3 Å². The predicted octanol–water partition coefficient (Wildman–Crippen LogP) is 3.92. The summed E-state index contributed by atoms with van der Waals surface area (Å²) in [6.07, 6.45) is 1.37. The number of carbonyl (C=O) groups excluding carboxylic acids is 1. The van der Waals surface area contributed by atoms with Crippen molar-refractivity contribution in [3.05, 3.63) is 52.1 Å². The van der Waals surface area contributed by atoms with Crippen LogP contribution in [0.15, 0.2) is 35.9 Å². The summed E-state index contributed by atoms with van der Waals surface area (Å²) in [5, 5.41) is 22.5. The van der Waals surface area contributed by atoms with Gasteiger partial charge < -0.3 is 19.9 Å². The van der Waals surface area contributed by atoms with E-state index in [0.29, 0.717) is 21.8 Å². The summed E-state index contributed by atoms with van der Waals surface area (Å²) in [7, 11) is 2.78. The number of nitrogens with one attached hydrogen (secondary N) is 1. The third-order valence-corrected chi connectivity index (χ3v) is 4.10. The maximum absolute atomic E-state index is 12.4. The van der Waals surface area contributed by atoms with Crippen molar-refractivity contribution < 1.29 is 19.4 Å². The number of carbonyl (C=O) groups is 1. The summed E-state index contributed by atoms with van der Waals surface area (Å²) in [5.41, 5.74) is 1.56. The lowest BCUT2D eigenvalue weighted by molar-refractivity contribution is -0.112. The number of nitriles is 1. The van der Waals surface area contributed by atoms with Gasteiger partial charge in [-0.1, -0.05) is 17.7 Å². The molecule has 0 heterocycles. The molecule has 7 heteroatoms. The second-order valence-corrected chi connectivity index (χ2v) is 5.72. The monoisotopic (exact) mass is 372 g/mol. The zero-order chi connectivity index (χ0) is 19.3. The average molecular weight is 373 g/mol. The molecule has 26 heavy (non-hydrogen) atoms. The number of nitrogens with zero attached hydrogens (tertiary/aromatic N) is 1. The average Bonchev–Trinajstić information content (AvgIpc) is 2.64. The van der Waals surface area contributed by atoms with E-state index in [4.69, 9.17) is 21.1 Å². The molecule has 0 aliphatic carbocycles. The molecule has 0 atom stereocenters. The number of methoxy groups -OCH3 is 2. The Morgan fingerprint density at radius 2 is 1.88 bits per heavy atom. The molecular weight excluding hydrogens is 356 g/mol. The van der Waals surface area contributed by atoms with Crippen LogP contribution in [-0.2, 0) is 4.79 Å². The van der Waals surface area contributed by atoms with Gasteiger partial charge in [0.05, 0.1) is 14.2 Å². The largest absolute Gasteiger partial charge is 0.502 e. The van der Waals surface area contributed by atoms with E-state index < -0.39 is 5.91 Å². The highest BCUT2D eigenvalue weighted by atomic mass is 35.5. The molecule has 0 fully saturated rings. The molecule has 0 bridgehead atoms. The Morgan fingerprint density at radius 3 is 2.42 bits per heavy atom. The number of phenols is 1. The highest BCUT2D eigenvalue weighted by molar-refractivity contribution is 6.31. The number of amides is 1. The second-order valence-electron chi connectivity index (χ2n) is 5.31. The molecule has 0 aromatic heterocycles. The first-order chi connectivity index (χ1) is 12.4. The van der Waals surface area contributed by atoms with Crippen LogP contribution in [0.4, 0.5) is 5.69 Å². The van der Waals surface area contributed by atoms with Gasteiger partial charge in [0.15, 0.2) is 11.5 Å². The van der Waals surface area contributed by atoms with Gasteiger partial charge in [-0.15, -0.1) is 0 Å². The molecule has 0 aliphatic heterocycles. The lowest BCUT2D eigenvalue weighted by atomic mass is 10.1. The van der Waals surface area contributed by atoms with E-state index in [9.17, 15) is 15.2 Å². The smallest absolute Gasteiger partial charge is 0.266 e. The minimum atomic E-state index is -0.580. The molecule has 1 amide bonds. The Balaban J connectivity index is 2.37. The van der Waals surface area contributed by atoms with Gasteiger partial charge in [0, 0.05) is 10.7 Å². The predicted molar refractivity (Wildman–Crippen MR) is 99.6 cm³/mol. The van der Waals surface area contributed by atoms with Crippen molar-refractivity contribution in [2.24, 2.45) is 0 Å². The minimum Gasteiger partial charge on any atom is -0.502 e. The van der Waals surface area contributed by atoms with E-state index in [1.165, 1.54) is 32.4 Å². The van der Waals surface area contributed by atoms with E-state index >= 15 is 0 Å². The molecule has 0 unspecified atom stereocenters. The fraction of sp³-hybridized carbons (Fsp3) is 0.158. The zero-order valence-electron chi connectivity index (χ0n) is 14.5. The fourth-order valence-electron chi connectivity index (χ4n) is 2.24. The van der Waals surface area contributed by atoms with Gasteiger partial charge in [-0.25, -0.2) is 0 Å². The van der Waals surface area contributed by atoms with Crippen LogP contribution in [0.2, 0.25) is 5.02 Å². The summed E-state index contributed by atoms with van der Waals surface area (Å²) in [6.45, 7) is 1.77. The fourth-order valence-corrected chi connectivity index (χ4v) is 2.42. The standard InChI is InChI=1S/C19H17ClN2O4/c1-11-14(20)5-4-6-15(11)22-19(24)13(10-21)7-12-8-16(25-2)18(23)17(9-12)26-3/h4-9,23H,1-3H3,(H,22,24)/b13-7+. The summed E-state index contributed by atoms with van der Waals surface area (Å²) in [4.78, 5) is 12.4. The number of rotatable bonds is 5. The molecule has 134 valence electrons. The SMILES string of the molecule is COc1cc(/C=C(\C#N)C(=O)Nc2cccc(Cl)c2C)cc(OC)c1O. The number of halogens is 1. The van der Waals surface area contributed by atoms with Crippen LogP contribution < -0.4 is 14.8 Å². The molecule has 2 aromatic carbocycles. The zero-order valence-corrected chi connectivity index (χ0v) is 15.2. The number of hydrogen-bond acceptors (Lipinski definition) is 5. The summed E-state index contributed by atoms with van der Waals surface area (Å²) < 4.78 is 10.1. The van der Waals surface area contributed by atoms with Crippen LogP contribution in [0.1, 0.15) is 11.1 Å². The molecule has 0 aliphatic rings. The van der Waals surface area contributed by atoms with Gasteiger partial charge in [0.1, 0.15) is 11.6 Å². The van der Waals surface area contributed by atoms with Crippen molar-refractivity contribution >= 4 is 29.3 Å². The van der Waals surface area contributed by atoms with Gasteiger partial charge >= 0.3 is 0 Å². The normalized spacial score (nSPS) is 10.8.